The topological polar surface area (TPSA) is 149 Å². The zero-order valence-corrected chi connectivity index (χ0v) is 54.1. The number of aliphatic hydroxyl groups excluding tert-OH is 5. The molecule has 6 N–H and O–H groups in total. The van der Waals surface area contributed by atoms with E-state index in [1.54, 1.807) is 6.08 Å². The summed E-state index contributed by atoms with van der Waals surface area (Å²) >= 11 is 0. The van der Waals surface area contributed by atoms with Crippen LogP contribution in [0.15, 0.2) is 109 Å². The Morgan fingerprint density at radius 2 is 0.750 bits per heavy atom. The Morgan fingerprint density at radius 1 is 0.417 bits per heavy atom. The van der Waals surface area contributed by atoms with Gasteiger partial charge in [-0.25, -0.2) is 0 Å². The van der Waals surface area contributed by atoms with Gasteiger partial charge in [0, 0.05) is 6.42 Å². The normalized spacial score (nSPS) is 18.9. The highest BCUT2D eigenvalue weighted by atomic mass is 16.7. The van der Waals surface area contributed by atoms with Crippen LogP contribution in [-0.4, -0.2) is 87.5 Å². The van der Waals surface area contributed by atoms with Crippen LogP contribution in [0.2, 0.25) is 0 Å². The molecule has 0 spiro atoms. The lowest BCUT2D eigenvalue weighted by molar-refractivity contribution is -0.302. The van der Waals surface area contributed by atoms with Gasteiger partial charge >= 0.3 is 0 Å². The fourth-order valence-electron chi connectivity index (χ4n) is 10.6. The van der Waals surface area contributed by atoms with Crippen LogP contribution >= 0.6 is 0 Å². The molecule has 0 saturated carbocycles. The van der Waals surface area contributed by atoms with Crippen molar-refractivity contribution in [3.8, 4) is 0 Å². The summed E-state index contributed by atoms with van der Waals surface area (Å²) < 4.78 is 11.3. The first kappa shape index (κ1) is 78.9. The molecule has 1 aliphatic heterocycles. The average molecular weight is 1170 g/mol. The van der Waals surface area contributed by atoms with Gasteiger partial charge in [0.05, 0.1) is 25.4 Å². The fraction of sp³-hybridized carbons (Fsp3) is 0.747. The molecule has 7 unspecified atom stereocenters. The minimum absolute atomic E-state index is 0.189. The predicted molar refractivity (Wildman–Crippen MR) is 359 cm³/mol. The second-order valence-corrected chi connectivity index (χ2v) is 23.9. The molecule has 484 valence electrons. The number of ether oxygens (including phenoxy) is 2. The Labute approximate surface area is 516 Å². The van der Waals surface area contributed by atoms with E-state index in [0.717, 1.165) is 83.5 Å². The van der Waals surface area contributed by atoms with Crippen molar-refractivity contribution in [2.75, 3.05) is 13.2 Å². The lowest BCUT2D eigenvalue weighted by atomic mass is 9.99. The van der Waals surface area contributed by atoms with Crippen LogP contribution < -0.4 is 5.32 Å². The van der Waals surface area contributed by atoms with Gasteiger partial charge in [-0.15, -0.1) is 0 Å². The average Bonchev–Trinajstić information content (AvgIpc) is 3.70. The summed E-state index contributed by atoms with van der Waals surface area (Å²) in [5.41, 5.74) is 0. The van der Waals surface area contributed by atoms with E-state index in [-0.39, 0.29) is 12.5 Å². The highest BCUT2D eigenvalue weighted by Gasteiger charge is 2.44. The van der Waals surface area contributed by atoms with E-state index in [1.165, 1.54) is 199 Å². The van der Waals surface area contributed by atoms with Crippen molar-refractivity contribution in [1.82, 2.24) is 5.32 Å². The summed E-state index contributed by atoms with van der Waals surface area (Å²) in [7, 11) is 0. The molecule has 1 saturated heterocycles. The number of carbonyl (C=O) groups is 1. The van der Waals surface area contributed by atoms with E-state index in [9.17, 15) is 30.3 Å². The van der Waals surface area contributed by atoms with Gasteiger partial charge in [0.25, 0.3) is 0 Å². The quantitative estimate of drug-likeness (QED) is 0.0261. The summed E-state index contributed by atoms with van der Waals surface area (Å²) in [6, 6.07) is -0.833. The first-order valence-electron chi connectivity index (χ1n) is 35.1. The molecular formula is C75H131NO8. The Hall–Kier alpha value is -3.15. The van der Waals surface area contributed by atoms with E-state index in [1.807, 2.05) is 6.08 Å². The van der Waals surface area contributed by atoms with Gasteiger partial charge in [-0.05, 0) is 96.3 Å². The van der Waals surface area contributed by atoms with Crippen LogP contribution in [0.3, 0.4) is 0 Å². The van der Waals surface area contributed by atoms with Crippen molar-refractivity contribution in [1.29, 1.82) is 0 Å². The highest BCUT2D eigenvalue weighted by molar-refractivity contribution is 5.76. The Morgan fingerprint density at radius 3 is 1.14 bits per heavy atom. The second kappa shape index (κ2) is 62.9. The lowest BCUT2D eigenvalue weighted by Crippen LogP contribution is -2.60. The van der Waals surface area contributed by atoms with Gasteiger partial charge < -0.3 is 40.3 Å². The van der Waals surface area contributed by atoms with Gasteiger partial charge in [-0.2, -0.15) is 0 Å². The molecule has 9 nitrogen and oxygen atoms in total. The number of allylic oxidation sites excluding steroid dienone is 17. The Balaban J connectivity index is 2.12. The molecular weight excluding hydrogens is 1040 g/mol. The third-order valence-electron chi connectivity index (χ3n) is 16.1. The molecule has 0 aromatic heterocycles. The summed E-state index contributed by atoms with van der Waals surface area (Å²) in [6.45, 7) is 3.67. The number of nitrogens with one attached hydrogen (secondary N) is 1. The summed E-state index contributed by atoms with van der Waals surface area (Å²) in [5.74, 6) is -0.189. The van der Waals surface area contributed by atoms with Crippen LogP contribution in [0.1, 0.15) is 303 Å². The highest BCUT2D eigenvalue weighted by Crippen LogP contribution is 2.23. The zero-order valence-electron chi connectivity index (χ0n) is 54.1. The molecule has 9 heteroatoms. The molecule has 0 aliphatic carbocycles. The van der Waals surface area contributed by atoms with Crippen molar-refractivity contribution < 1.29 is 39.8 Å². The first-order chi connectivity index (χ1) is 41.3. The maximum absolute atomic E-state index is 13.1. The number of unbranched alkanes of at least 4 members (excludes halogenated alkanes) is 34. The third-order valence-corrected chi connectivity index (χ3v) is 16.1. The van der Waals surface area contributed by atoms with Crippen LogP contribution in [0.4, 0.5) is 0 Å². The third kappa shape index (κ3) is 50.9. The maximum Gasteiger partial charge on any atom is 0.220 e. The van der Waals surface area contributed by atoms with Gasteiger partial charge in [0.1, 0.15) is 24.4 Å². The van der Waals surface area contributed by atoms with Gasteiger partial charge in [-0.3, -0.25) is 4.79 Å². The number of aliphatic hydroxyl groups is 5. The molecule has 0 aromatic carbocycles. The van der Waals surface area contributed by atoms with Crippen molar-refractivity contribution in [2.24, 2.45) is 0 Å². The molecule has 0 bridgehead atoms. The number of hydrogen-bond acceptors (Lipinski definition) is 8. The molecule has 1 aliphatic rings. The van der Waals surface area contributed by atoms with Crippen LogP contribution in [-0.2, 0) is 14.3 Å². The predicted octanol–water partition coefficient (Wildman–Crippen LogP) is 19.2. The fourth-order valence-corrected chi connectivity index (χ4v) is 10.6. The van der Waals surface area contributed by atoms with E-state index >= 15 is 0 Å². The largest absolute Gasteiger partial charge is 0.394 e. The molecule has 1 fully saturated rings. The van der Waals surface area contributed by atoms with E-state index < -0.39 is 49.5 Å². The first-order valence-corrected chi connectivity index (χ1v) is 35.1. The number of carbonyl (C=O) groups excluding carboxylic acids is 1. The molecule has 0 aromatic rings. The standard InChI is InChI=1S/C75H131NO8/c1-3-5-7-9-11-13-15-17-19-21-23-25-27-28-29-30-31-32-33-34-35-36-37-38-39-40-41-42-43-45-47-49-51-53-55-57-59-61-63-65-71(79)76-68(67-83-75-74(82)73(81)72(80)70(66-77)84-75)69(78)64-62-60-58-56-54-52-50-48-46-44-26-24-22-20-18-16-14-12-10-8-6-4-2/h5,7,11,13,17,19,23,25,28-29,31-32,46,48,54,56,62,64,68-70,72-75,77-78,80-82H,3-4,6,8-10,12,14-16,18,20-22,24,26-27,30,33-45,47,49-53,55,57-61,63,65-67H2,1-2H3,(H,76,79)/b7-5-,13-11-,19-17-,25-23-,29-28-,32-31-,48-46+,56-54+,64-62+. The molecule has 7 atom stereocenters. The number of hydrogen-bond donors (Lipinski definition) is 6. The Kier molecular flexibility index (Phi) is 59.0. The minimum Gasteiger partial charge on any atom is -0.394 e. The summed E-state index contributed by atoms with van der Waals surface area (Å²) in [5, 5.41) is 54.7. The molecule has 84 heavy (non-hydrogen) atoms. The van der Waals surface area contributed by atoms with Crippen LogP contribution in [0.25, 0.3) is 0 Å². The molecule has 1 rings (SSSR count). The van der Waals surface area contributed by atoms with Gasteiger partial charge in [0.2, 0.25) is 5.91 Å². The molecule has 0 radical (unpaired) electrons. The molecule has 1 amide bonds. The van der Waals surface area contributed by atoms with E-state index in [4.69, 9.17) is 9.47 Å². The maximum atomic E-state index is 13.1. The van der Waals surface area contributed by atoms with Gasteiger partial charge in [0.15, 0.2) is 6.29 Å². The minimum atomic E-state index is -1.58. The van der Waals surface area contributed by atoms with Crippen LogP contribution in [0, 0.1) is 0 Å². The van der Waals surface area contributed by atoms with E-state index in [0.29, 0.717) is 6.42 Å². The van der Waals surface area contributed by atoms with Crippen LogP contribution in [0.5, 0.6) is 0 Å². The van der Waals surface area contributed by atoms with Crippen molar-refractivity contribution in [2.45, 2.75) is 346 Å². The van der Waals surface area contributed by atoms with Crippen molar-refractivity contribution in [3.05, 3.63) is 109 Å². The molecule has 1 heterocycles. The SMILES string of the molecule is CC/C=C\C/C=C\C/C=C\C/C=C\C/C=C\C/C=C\CCCCCCCCCCCCCCCCCCCCCCC(=O)NC(COC1OC(CO)C(O)C(O)C1O)C(O)/C=C/CC/C=C/CC/C=C/CCCCCCCCCCCCCC. The lowest BCUT2D eigenvalue weighted by Gasteiger charge is -2.40. The number of amides is 1. The smallest absolute Gasteiger partial charge is 0.220 e. The monoisotopic (exact) mass is 1170 g/mol. The van der Waals surface area contributed by atoms with Crippen molar-refractivity contribution in [3.63, 3.8) is 0 Å². The van der Waals surface area contributed by atoms with E-state index in [2.05, 4.69) is 116 Å². The Bertz CT molecular complexity index is 1690. The zero-order chi connectivity index (χ0) is 60.7. The summed E-state index contributed by atoms with van der Waals surface area (Å²) in [6.07, 6.45) is 86.3. The van der Waals surface area contributed by atoms with Crippen molar-refractivity contribution >= 4 is 5.91 Å². The van der Waals surface area contributed by atoms with Gasteiger partial charge in [-0.1, -0.05) is 309 Å². The number of rotatable bonds is 60. The summed E-state index contributed by atoms with van der Waals surface area (Å²) in [4.78, 5) is 13.1. The second-order valence-electron chi connectivity index (χ2n) is 23.9.